The molecule has 1 aromatic heterocycles. The van der Waals surface area contributed by atoms with Crippen LogP contribution in [0.5, 0.6) is 0 Å². The molecule has 2 amide bonds. The van der Waals surface area contributed by atoms with Gasteiger partial charge in [0.15, 0.2) is 5.76 Å². The van der Waals surface area contributed by atoms with Crippen LogP contribution >= 0.6 is 0 Å². The molecule has 134 valence electrons. The van der Waals surface area contributed by atoms with Crippen LogP contribution in [0.3, 0.4) is 0 Å². The molecule has 0 aliphatic rings. The Kier molecular flexibility index (Phi) is 6.39. The van der Waals surface area contributed by atoms with E-state index in [4.69, 9.17) is 4.42 Å². The van der Waals surface area contributed by atoms with Gasteiger partial charge in [0.25, 0.3) is 5.91 Å². The summed E-state index contributed by atoms with van der Waals surface area (Å²) in [7, 11) is 0. The number of hydrogen-bond acceptors (Lipinski definition) is 3. The van der Waals surface area contributed by atoms with Gasteiger partial charge in [-0.1, -0.05) is 39.8 Å². The molecule has 0 aliphatic carbocycles. The Morgan fingerprint density at radius 3 is 2.28 bits per heavy atom. The molecule has 2 aromatic rings. The van der Waals surface area contributed by atoms with Crippen molar-refractivity contribution in [2.45, 2.75) is 46.1 Å². The van der Waals surface area contributed by atoms with Crippen LogP contribution in [0, 0.1) is 5.92 Å². The largest absolute Gasteiger partial charge is 0.459 e. The molecule has 5 nitrogen and oxygen atoms in total. The molecule has 5 heteroatoms. The second kappa shape index (κ2) is 8.51. The highest BCUT2D eigenvalue weighted by Gasteiger charge is 2.25. The first kappa shape index (κ1) is 18.8. The van der Waals surface area contributed by atoms with E-state index < -0.39 is 11.9 Å². The first-order valence-electron chi connectivity index (χ1n) is 8.67. The molecule has 0 unspecified atom stereocenters. The van der Waals surface area contributed by atoms with Gasteiger partial charge in [0.1, 0.15) is 6.04 Å². The Bertz CT molecular complexity index is 690. The Hall–Kier alpha value is -2.56. The molecule has 0 aliphatic heterocycles. The minimum Gasteiger partial charge on any atom is -0.459 e. The van der Waals surface area contributed by atoms with E-state index in [0.29, 0.717) is 5.92 Å². The Labute approximate surface area is 148 Å². The molecule has 0 saturated carbocycles. The topological polar surface area (TPSA) is 71.3 Å². The fraction of sp³-hybridized carbons (Fsp3) is 0.400. The summed E-state index contributed by atoms with van der Waals surface area (Å²) < 4.78 is 5.08. The molecule has 0 saturated heterocycles. The van der Waals surface area contributed by atoms with Crippen LogP contribution in [0.4, 0.5) is 5.69 Å². The van der Waals surface area contributed by atoms with Gasteiger partial charge in [-0.15, -0.1) is 0 Å². The number of anilines is 1. The fourth-order valence-electron chi connectivity index (χ4n) is 2.51. The lowest BCUT2D eigenvalue weighted by Gasteiger charge is -2.21. The van der Waals surface area contributed by atoms with Gasteiger partial charge in [-0.25, -0.2) is 0 Å². The Balaban J connectivity index is 2.03. The van der Waals surface area contributed by atoms with Crippen LogP contribution in [0.15, 0.2) is 47.1 Å². The number of rotatable bonds is 7. The van der Waals surface area contributed by atoms with E-state index in [2.05, 4.69) is 24.5 Å². The van der Waals surface area contributed by atoms with Crippen molar-refractivity contribution in [2.75, 3.05) is 5.32 Å². The molecular weight excluding hydrogens is 316 g/mol. The summed E-state index contributed by atoms with van der Waals surface area (Å²) in [6.07, 6.45) is 2.50. The third-order valence-corrected chi connectivity index (χ3v) is 4.34. The lowest BCUT2D eigenvalue weighted by molar-refractivity contribution is -0.118. The number of amides is 2. The zero-order valence-electron chi connectivity index (χ0n) is 15.2. The van der Waals surface area contributed by atoms with Gasteiger partial charge < -0.3 is 15.1 Å². The molecule has 2 N–H and O–H groups in total. The number of benzene rings is 1. The van der Waals surface area contributed by atoms with E-state index in [1.807, 2.05) is 38.1 Å². The summed E-state index contributed by atoms with van der Waals surface area (Å²) >= 11 is 0. The SMILES string of the molecule is CC[C@@H](C)c1ccc(NC(=O)[C@@H](NC(=O)c2ccco2)C(C)C)cc1. The third kappa shape index (κ3) is 4.95. The molecule has 2 rings (SSSR count). The van der Waals surface area contributed by atoms with Gasteiger partial charge in [-0.3, -0.25) is 9.59 Å². The van der Waals surface area contributed by atoms with Crippen LogP contribution < -0.4 is 10.6 Å². The molecule has 1 heterocycles. The third-order valence-electron chi connectivity index (χ3n) is 4.34. The van der Waals surface area contributed by atoms with Crippen LogP contribution in [0.1, 0.15) is 56.2 Å². The predicted octanol–water partition coefficient (Wildman–Crippen LogP) is 4.19. The zero-order chi connectivity index (χ0) is 18.4. The van der Waals surface area contributed by atoms with Crippen LogP contribution in [0.2, 0.25) is 0 Å². The highest BCUT2D eigenvalue weighted by molar-refractivity contribution is 6.00. The number of furan rings is 1. The minimum atomic E-state index is -0.646. The normalized spacial score (nSPS) is 13.3. The monoisotopic (exact) mass is 342 g/mol. The quantitative estimate of drug-likeness (QED) is 0.792. The van der Waals surface area contributed by atoms with E-state index in [1.54, 1.807) is 12.1 Å². The van der Waals surface area contributed by atoms with Crippen molar-refractivity contribution in [3.63, 3.8) is 0 Å². The van der Waals surface area contributed by atoms with E-state index >= 15 is 0 Å². The highest BCUT2D eigenvalue weighted by atomic mass is 16.3. The standard InChI is InChI=1S/C20H26N2O3/c1-5-14(4)15-8-10-16(11-9-15)21-20(24)18(13(2)3)22-19(23)17-7-6-12-25-17/h6-14,18H,5H2,1-4H3,(H,21,24)(H,22,23)/t14-,18+/m1/s1. The smallest absolute Gasteiger partial charge is 0.287 e. The number of carbonyl (C=O) groups is 2. The summed E-state index contributed by atoms with van der Waals surface area (Å²) in [6, 6.07) is 10.4. The second-order valence-corrected chi connectivity index (χ2v) is 6.59. The average Bonchev–Trinajstić information content (AvgIpc) is 3.13. The lowest BCUT2D eigenvalue weighted by Crippen LogP contribution is -2.47. The number of nitrogens with one attached hydrogen (secondary N) is 2. The fourth-order valence-corrected chi connectivity index (χ4v) is 2.51. The molecule has 0 spiro atoms. The zero-order valence-corrected chi connectivity index (χ0v) is 15.2. The van der Waals surface area contributed by atoms with Crippen molar-refractivity contribution < 1.29 is 14.0 Å². The van der Waals surface area contributed by atoms with Crippen LogP contribution in [-0.4, -0.2) is 17.9 Å². The summed E-state index contributed by atoms with van der Waals surface area (Å²) in [5.74, 6) is -0.0208. The first-order chi connectivity index (χ1) is 11.9. The van der Waals surface area contributed by atoms with Gasteiger partial charge in [0.2, 0.25) is 5.91 Å². The molecule has 0 fully saturated rings. The van der Waals surface area contributed by atoms with Gasteiger partial charge in [0, 0.05) is 5.69 Å². The second-order valence-electron chi connectivity index (χ2n) is 6.59. The molecule has 0 bridgehead atoms. The number of carbonyl (C=O) groups excluding carboxylic acids is 2. The summed E-state index contributed by atoms with van der Waals surface area (Å²) in [5.41, 5.74) is 1.96. The number of hydrogen-bond donors (Lipinski definition) is 2. The Morgan fingerprint density at radius 1 is 1.08 bits per heavy atom. The van der Waals surface area contributed by atoms with Crippen molar-refractivity contribution in [1.82, 2.24) is 5.32 Å². The van der Waals surface area contributed by atoms with Crippen molar-refractivity contribution in [3.8, 4) is 0 Å². The van der Waals surface area contributed by atoms with E-state index in [9.17, 15) is 9.59 Å². The minimum absolute atomic E-state index is 0.0571. The predicted molar refractivity (Wildman–Crippen MR) is 98.6 cm³/mol. The van der Waals surface area contributed by atoms with Crippen LogP contribution in [-0.2, 0) is 4.79 Å². The van der Waals surface area contributed by atoms with Gasteiger partial charge in [-0.2, -0.15) is 0 Å². The molecule has 25 heavy (non-hydrogen) atoms. The maximum atomic E-state index is 12.6. The average molecular weight is 342 g/mol. The summed E-state index contributed by atoms with van der Waals surface area (Å²) in [5, 5.41) is 5.61. The van der Waals surface area contributed by atoms with Gasteiger partial charge in [-0.05, 0) is 48.1 Å². The van der Waals surface area contributed by atoms with Crippen molar-refractivity contribution in [3.05, 3.63) is 54.0 Å². The maximum Gasteiger partial charge on any atom is 0.287 e. The molecule has 2 atom stereocenters. The van der Waals surface area contributed by atoms with Crippen molar-refractivity contribution in [1.29, 1.82) is 0 Å². The summed E-state index contributed by atoms with van der Waals surface area (Å²) in [6.45, 7) is 8.10. The first-order valence-corrected chi connectivity index (χ1v) is 8.67. The molecular formula is C20H26N2O3. The van der Waals surface area contributed by atoms with Gasteiger partial charge in [0.05, 0.1) is 6.26 Å². The van der Waals surface area contributed by atoms with E-state index in [0.717, 1.165) is 12.1 Å². The molecule has 1 aromatic carbocycles. The van der Waals surface area contributed by atoms with Gasteiger partial charge >= 0.3 is 0 Å². The lowest BCUT2D eigenvalue weighted by atomic mass is 9.98. The van der Waals surface area contributed by atoms with Crippen LogP contribution in [0.25, 0.3) is 0 Å². The van der Waals surface area contributed by atoms with Crippen molar-refractivity contribution >= 4 is 17.5 Å². The molecule has 0 radical (unpaired) electrons. The van der Waals surface area contributed by atoms with E-state index in [-0.39, 0.29) is 17.6 Å². The summed E-state index contributed by atoms with van der Waals surface area (Å²) in [4.78, 5) is 24.7. The maximum absolute atomic E-state index is 12.6. The highest BCUT2D eigenvalue weighted by Crippen LogP contribution is 2.20. The van der Waals surface area contributed by atoms with Crippen molar-refractivity contribution in [2.24, 2.45) is 5.92 Å². The Morgan fingerprint density at radius 2 is 1.76 bits per heavy atom. The van der Waals surface area contributed by atoms with E-state index in [1.165, 1.54) is 11.8 Å².